The van der Waals surface area contributed by atoms with Gasteiger partial charge in [0.2, 0.25) is 0 Å². The van der Waals surface area contributed by atoms with Crippen molar-refractivity contribution in [2.45, 2.75) is 13.5 Å². The molecule has 0 saturated carbocycles. The van der Waals surface area contributed by atoms with Gasteiger partial charge >= 0.3 is 5.97 Å². The molecular weight excluding hydrogens is 192 g/mol. The van der Waals surface area contributed by atoms with Crippen LogP contribution >= 0.6 is 0 Å². The molecule has 0 amide bonds. The Morgan fingerprint density at radius 1 is 1.53 bits per heavy atom. The molecule has 0 spiro atoms. The number of hydrogen-bond donors (Lipinski definition) is 0. The molecule has 0 aliphatic heterocycles. The number of carbonyl (C=O) groups excluding carboxylic acids is 1. The van der Waals surface area contributed by atoms with Crippen molar-refractivity contribution in [3.8, 4) is 5.75 Å². The minimum absolute atomic E-state index is 0.209. The van der Waals surface area contributed by atoms with Crippen LogP contribution in [0.25, 0.3) is 6.08 Å². The summed E-state index contributed by atoms with van der Waals surface area (Å²) in [5.74, 6) is 0.393. The van der Waals surface area contributed by atoms with Crippen LogP contribution in [-0.2, 0) is 16.1 Å². The van der Waals surface area contributed by atoms with E-state index in [0.29, 0.717) is 5.75 Å². The quantitative estimate of drug-likeness (QED) is 0.709. The summed E-state index contributed by atoms with van der Waals surface area (Å²) in [5.41, 5.74) is 1.75. The maximum absolute atomic E-state index is 10.7. The average molecular weight is 206 g/mol. The Kier molecular flexibility index (Phi) is 3.92. The lowest BCUT2D eigenvalue weighted by Gasteiger charge is -2.11. The summed E-state index contributed by atoms with van der Waals surface area (Å²) < 4.78 is 10.1. The molecule has 0 aliphatic rings. The van der Waals surface area contributed by atoms with Crippen molar-refractivity contribution >= 4 is 12.0 Å². The van der Waals surface area contributed by atoms with E-state index in [9.17, 15) is 4.79 Å². The lowest BCUT2D eigenvalue weighted by Crippen LogP contribution is -2.02. The molecule has 0 fully saturated rings. The highest BCUT2D eigenvalue weighted by Crippen LogP contribution is 2.23. The summed E-state index contributed by atoms with van der Waals surface area (Å²) in [7, 11) is 1.58. The number of hydrogen-bond acceptors (Lipinski definition) is 3. The van der Waals surface area contributed by atoms with Crippen LogP contribution in [-0.4, -0.2) is 13.1 Å². The molecule has 0 aliphatic carbocycles. The van der Waals surface area contributed by atoms with Crippen LogP contribution in [0.4, 0.5) is 0 Å². The number of rotatable bonds is 4. The molecular formula is C12H14O3. The van der Waals surface area contributed by atoms with E-state index in [-0.39, 0.29) is 12.6 Å². The molecule has 0 radical (unpaired) electrons. The summed E-state index contributed by atoms with van der Waals surface area (Å²) >= 11 is 0. The van der Waals surface area contributed by atoms with Crippen molar-refractivity contribution in [1.29, 1.82) is 0 Å². The van der Waals surface area contributed by atoms with Gasteiger partial charge in [0.1, 0.15) is 12.4 Å². The first kappa shape index (κ1) is 11.3. The number of benzene rings is 1. The zero-order chi connectivity index (χ0) is 11.3. The van der Waals surface area contributed by atoms with E-state index in [4.69, 9.17) is 9.47 Å². The number of ether oxygens (including phenoxy) is 2. The summed E-state index contributed by atoms with van der Waals surface area (Å²) in [4.78, 5) is 10.7. The van der Waals surface area contributed by atoms with E-state index in [0.717, 1.165) is 11.1 Å². The second-order valence-electron chi connectivity index (χ2n) is 3.01. The predicted molar refractivity (Wildman–Crippen MR) is 58.6 cm³/mol. The topological polar surface area (TPSA) is 35.5 Å². The molecule has 0 atom stereocenters. The maximum atomic E-state index is 10.7. The van der Waals surface area contributed by atoms with Gasteiger partial charge in [0.25, 0.3) is 0 Å². The van der Waals surface area contributed by atoms with Crippen LogP contribution < -0.4 is 4.74 Å². The Morgan fingerprint density at radius 3 is 2.80 bits per heavy atom. The number of methoxy groups -OCH3 is 1. The van der Waals surface area contributed by atoms with Gasteiger partial charge in [0, 0.05) is 12.5 Å². The van der Waals surface area contributed by atoms with Crippen LogP contribution in [0.3, 0.4) is 0 Å². The average Bonchev–Trinajstić information content (AvgIpc) is 2.25. The van der Waals surface area contributed by atoms with Crippen molar-refractivity contribution in [3.63, 3.8) is 0 Å². The van der Waals surface area contributed by atoms with Crippen molar-refractivity contribution in [2.75, 3.05) is 7.11 Å². The third kappa shape index (κ3) is 2.84. The van der Waals surface area contributed by atoms with Crippen LogP contribution in [0.1, 0.15) is 18.1 Å². The van der Waals surface area contributed by atoms with Gasteiger partial charge in [0.05, 0.1) is 7.11 Å². The Balaban J connectivity index is 2.99. The monoisotopic (exact) mass is 206 g/mol. The minimum Gasteiger partial charge on any atom is -0.496 e. The van der Waals surface area contributed by atoms with E-state index in [1.54, 1.807) is 13.2 Å². The molecule has 0 heterocycles. The normalized spacial score (nSPS) is 9.47. The largest absolute Gasteiger partial charge is 0.496 e. The van der Waals surface area contributed by atoms with Gasteiger partial charge in [-0.15, -0.1) is 0 Å². The Labute approximate surface area is 89.3 Å². The molecule has 3 heteroatoms. The second kappa shape index (κ2) is 5.20. The van der Waals surface area contributed by atoms with E-state index in [1.807, 2.05) is 18.2 Å². The highest BCUT2D eigenvalue weighted by molar-refractivity contribution is 5.66. The van der Waals surface area contributed by atoms with Gasteiger partial charge in [-0.1, -0.05) is 24.8 Å². The molecule has 0 N–H and O–H groups in total. The first-order valence-corrected chi connectivity index (χ1v) is 4.60. The summed E-state index contributed by atoms with van der Waals surface area (Å²) in [6.07, 6.45) is 1.71. The van der Waals surface area contributed by atoms with Gasteiger partial charge in [-0.05, 0) is 11.6 Å². The van der Waals surface area contributed by atoms with Gasteiger partial charge < -0.3 is 9.47 Å². The van der Waals surface area contributed by atoms with Crippen LogP contribution in [0.15, 0.2) is 24.8 Å². The van der Waals surface area contributed by atoms with Crippen LogP contribution in [0.2, 0.25) is 0 Å². The third-order valence-corrected chi connectivity index (χ3v) is 2.03. The third-order valence-electron chi connectivity index (χ3n) is 2.03. The lowest BCUT2D eigenvalue weighted by molar-refractivity contribution is -0.142. The van der Waals surface area contributed by atoms with Gasteiger partial charge in [-0.25, -0.2) is 0 Å². The first-order chi connectivity index (χ1) is 7.19. The second-order valence-corrected chi connectivity index (χ2v) is 3.01. The summed E-state index contributed by atoms with van der Waals surface area (Å²) in [6, 6.07) is 5.59. The lowest BCUT2D eigenvalue weighted by atomic mass is 10.1. The highest BCUT2D eigenvalue weighted by atomic mass is 16.5. The van der Waals surface area contributed by atoms with E-state index in [1.165, 1.54) is 6.92 Å². The van der Waals surface area contributed by atoms with Crippen LogP contribution in [0.5, 0.6) is 5.75 Å². The van der Waals surface area contributed by atoms with Crippen molar-refractivity contribution in [3.05, 3.63) is 35.9 Å². The predicted octanol–water partition coefficient (Wildman–Crippen LogP) is 2.40. The smallest absolute Gasteiger partial charge is 0.302 e. The molecule has 0 bridgehead atoms. The zero-order valence-electron chi connectivity index (χ0n) is 8.95. The molecule has 0 saturated heterocycles. The standard InChI is InChI=1S/C12H14O3/c1-4-10-6-5-7-12(14-3)11(10)8-15-9(2)13/h4-7H,1,8H2,2-3H3. The van der Waals surface area contributed by atoms with E-state index >= 15 is 0 Å². The Bertz CT molecular complexity index is 369. The van der Waals surface area contributed by atoms with Gasteiger partial charge in [-0.2, -0.15) is 0 Å². The van der Waals surface area contributed by atoms with Gasteiger partial charge in [0.15, 0.2) is 0 Å². The van der Waals surface area contributed by atoms with Crippen LogP contribution in [0, 0.1) is 0 Å². The van der Waals surface area contributed by atoms with E-state index < -0.39 is 0 Å². The molecule has 1 rings (SSSR count). The maximum Gasteiger partial charge on any atom is 0.302 e. The van der Waals surface area contributed by atoms with Crippen molar-refractivity contribution < 1.29 is 14.3 Å². The minimum atomic E-state index is -0.309. The fourth-order valence-corrected chi connectivity index (χ4v) is 1.29. The SMILES string of the molecule is C=Cc1cccc(OC)c1COC(C)=O. The van der Waals surface area contributed by atoms with Gasteiger partial charge in [-0.3, -0.25) is 4.79 Å². The van der Waals surface area contributed by atoms with Crippen molar-refractivity contribution in [2.24, 2.45) is 0 Å². The molecule has 1 aromatic rings. The molecule has 1 aromatic carbocycles. The first-order valence-electron chi connectivity index (χ1n) is 4.60. The molecule has 0 unspecified atom stereocenters. The molecule has 15 heavy (non-hydrogen) atoms. The highest BCUT2D eigenvalue weighted by Gasteiger charge is 2.08. The van der Waals surface area contributed by atoms with E-state index in [2.05, 4.69) is 6.58 Å². The number of carbonyl (C=O) groups is 1. The fourth-order valence-electron chi connectivity index (χ4n) is 1.29. The fraction of sp³-hybridized carbons (Fsp3) is 0.250. The summed E-state index contributed by atoms with van der Waals surface area (Å²) in [6.45, 7) is 5.29. The van der Waals surface area contributed by atoms with Crippen molar-refractivity contribution in [1.82, 2.24) is 0 Å². The molecule has 3 nitrogen and oxygen atoms in total. The number of esters is 1. The molecule has 80 valence electrons. The Hall–Kier alpha value is -1.77. The zero-order valence-corrected chi connectivity index (χ0v) is 8.95. The Morgan fingerprint density at radius 2 is 2.27 bits per heavy atom. The molecule has 0 aromatic heterocycles. The summed E-state index contributed by atoms with van der Waals surface area (Å²) in [5, 5.41) is 0.